The molecule has 0 unspecified atom stereocenters. The first kappa shape index (κ1) is 24.9. The Bertz CT molecular complexity index is 1350. The van der Waals surface area contributed by atoms with Crippen LogP contribution in [0.1, 0.15) is 32.0 Å². The van der Waals surface area contributed by atoms with Crippen LogP contribution in [0, 0.1) is 11.6 Å². The Balaban J connectivity index is 1.58. The molecule has 0 saturated heterocycles. The number of hydrogen-bond acceptors (Lipinski definition) is 5. The summed E-state index contributed by atoms with van der Waals surface area (Å²) in [7, 11) is 2.94. The minimum Gasteiger partial charge on any atom is -0.497 e. The Hall–Kier alpha value is -4.21. The Morgan fingerprint density at radius 3 is 2.36 bits per heavy atom. The molecule has 3 aromatic rings. The predicted octanol–water partition coefficient (Wildman–Crippen LogP) is 2.77. The maximum absolute atomic E-state index is 13.7. The highest BCUT2D eigenvalue weighted by molar-refractivity contribution is 5.98. The molecule has 188 valence electrons. The summed E-state index contributed by atoms with van der Waals surface area (Å²) >= 11 is 0. The Labute approximate surface area is 206 Å². The molecular formula is C26H25F2N3O5. The lowest BCUT2D eigenvalue weighted by Gasteiger charge is -2.20. The first-order valence-corrected chi connectivity index (χ1v) is 11.3. The van der Waals surface area contributed by atoms with E-state index in [0.29, 0.717) is 11.4 Å². The largest absolute Gasteiger partial charge is 0.497 e. The summed E-state index contributed by atoms with van der Waals surface area (Å²) in [6.45, 7) is 0.699. The second kappa shape index (κ2) is 10.6. The normalized spacial score (nSPS) is 12.9. The van der Waals surface area contributed by atoms with E-state index in [1.54, 1.807) is 19.2 Å². The molecule has 0 radical (unpaired) electrons. The third kappa shape index (κ3) is 5.07. The fourth-order valence-corrected chi connectivity index (χ4v) is 4.18. The molecule has 1 aliphatic rings. The van der Waals surface area contributed by atoms with E-state index in [-0.39, 0.29) is 55.0 Å². The van der Waals surface area contributed by atoms with Crippen molar-refractivity contribution in [1.82, 2.24) is 14.8 Å². The van der Waals surface area contributed by atoms with Gasteiger partial charge < -0.3 is 24.3 Å². The number of ether oxygens (including phenoxy) is 2. The van der Waals surface area contributed by atoms with Gasteiger partial charge in [0, 0.05) is 49.9 Å². The van der Waals surface area contributed by atoms with Gasteiger partial charge in [-0.15, -0.1) is 0 Å². The Kier molecular flexibility index (Phi) is 7.33. The van der Waals surface area contributed by atoms with Crippen molar-refractivity contribution >= 4 is 11.8 Å². The third-order valence-corrected chi connectivity index (χ3v) is 6.11. The van der Waals surface area contributed by atoms with Crippen LogP contribution in [0.3, 0.4) is 0 Å². The van der Waals surface area contributed by atoms with Crippen molar-refractivity contribution in [2.75, 3.05) is 27.3 Å². The van der Waals surface area contributed by atoms with E-state index in [2.05, 4.69) is 5.32 Å². The van der Waals surface area contributed by atoms with E-state index in [4.69, 9.17) is 9.47 Å². The van der Waals surface area contributed by atoms with Crippen LogP contribution in [0.5, 0.6) is 11.5 Å². The van der Waals surface area contributed by atoms with Crippen LogP contribution in [0.25, 0.3) is 0 Å². The Morgan fingerprint density at radius 1 is 0.944 bits per heavy atom. The second-order valence-electron chi connectivity index (χ2n) is 8.23. The van der Waals surface area contributed by atoms with Crippen molar-refractivity contribution in [3.63, 3.8) is 0 Å². The number of nitrogens with one attached hydrogen (secondary N) is 1. The van der Waals surface area contributed by atoms with Gasteiger partial charge in [-0.1, -0.05) is 12.1 Å². The first-order chi connectivity index (χ1) is 17.3. The quantitative estimate of drug-likeness (QED) is 0.566. The maximum Gasteiger partial charge on any atom is 0.257 e. The van der Waals surface area contributed by atoms with Crippen molar-refractivity contribution < 1.29 is 27.8 Å². The molecular weight excluding hydrogens is 472 g/mol. The minimum absolute atomic E-state index is 0.00208. The average Bonchev–Trinajstić information content (AvgIpc) is 3.12. The van der Waals surface area contributed by atoms with Crippen molar-refractivity contribution in [2.24, 2.45) is 0 Å². The van der Waals surface area contributed by atoms with E-state index in [1.165, 1.54) is 28.7 Å². The highest BCUT2D eigenvalue weighted by atomic mass is 19.2. The number of fused-ring (bicyclic) bond motifs is 1. The molecule has 2 amide bonds. The molecule has 8 nitrogen and oxygen atoms in total. The summed E-state index contributed by atoms with van der Waals surface area (Å²) < 4.78 is 38.9. The van der Waals surface area contributed by atoms with Crippen LogP contribution in [0.2, 0.25) is 0 Å². The van der Waals surface area contributed by atoms with Crippen molar-refractivity contribution in [3.05, 3.63) is 92.9 Å². The van der Waals surface area contributed by atoms with E-state index in [0.717, 1.165) is 17.7 Å². The molecule has 1 N–H and O–H groups in total. The lowest BCUT2D eigenvalue weighted by atomic mass is 10.1. The first-order valence-electron chi connectivity index (χ1n) is 11.3. The molecule has 0 bridgehead atoms. The summed E-state index contributed by atoms with van der Waals surface area (Å²) in [5.74, 6) is -2.24. The number of carbonyl (C=O) groups excluding carboxylic acids is 2. The summed E-state index contributed by atoms with van der Waals surface area (Å²) in [5, 5.41) is 2.86. The van der Waals surface area contributed by atoms with Crippen LogP contribution < -0.4 is 20.3 Å². The number of amides is 2. The topological polar surface area (TPSA) is 89.9 Å². The summed E-state index contributed by atoms with van der Waals surface area (Å²) in [6.07, 6.45) is 0.188. The van der Waals surface area contributed by atoms with Crippen molar-refractivity contribution in [1.29, 1.82) is 0 Å². The second-order valence-corrected chi connectivity index (χ2v) is 8.23. The Morgan fingerprint density at radius 2 is 1.69 bits per heavy atom. The number of benzene rings is 2. The molecule has 0 fully saturated rings. The molecule has 0 spiro atoms. The fourth-order valence-electron chi connectivity index (χ4n) is 4.18. The van der Waals surface area contributed by atoms with Gasteiger partial charge >= 0.3 is 0 Å². The van der Waals surface area contributed by atoms with Gasteiger partial charge in [0.2, 0.25) is 0 Å². The number of methoxy groups -OCH3 is 2. The van der Waals surface area contributed by atoms with Gasteiger partial charge in [-0.3, -0.25) is 14.4 Å². The monoisotopic (exact) mass is 497 g/mol. The predicted molar refractivity (Wildman–Crippen MR) is 127 cm³/mol. The van der Waals surface area contributed by atoms with E-state index in [1.807, 2.05) is 12.1 Å². The number of halogens is 2. The zero-order valence-corrected chi connectivity index (χ0v) is 19.8. The third-order valence-electron chi connectivity index (χ3n) is 6.11. The molecule has 0 atom stereocenters. The molecule has 0 saturated carbocycles. The minimum atomic E-state index is -1.12. The van der Waals surface area contributed by atoms with Gasteiger partial charge in [-0.25, -0.2) is 8.78 Å². The van der Waals surface area contributed by atoms with Crippen LogP contribution in [0.4, 0.5) is 8.78 Å². The number of pyridine rings is 1. The van der Waals surface area contributed by atoms with E-state index in [9.17, 15) is 23.2 Å². The lowest BCUT2D eigenvalue weighted by molar-refractivity contribution is 0.0758. The molecule has 2 aromatic carbocycles. The number of rotatable bonds is 6. The molecule has 0 aliphatic carbocycles. The number of carbonyl (C=O) groups is 2. The van der Waals surface area contributed by atoms with Crippen molar-refractivity contribution in [3.8, 4) is 11.5 Å². The standard InChI is InChI=1S/C26H25F2N3O5/c1-35-18-6-3-16(4-7-18)15-29-25(33)24-21-9-10-30(11-12-31(21)23(32)14-22(24)36-2)26(34)17-5-8-19(27)20(28)13-17/h3-8,13-14H,9-12,15H2,1-2H3,(H,29,33). The number of aromatic nitrogens is 1. The zero-order valence-electron chi connectivity index (χ0n) is 19.8. The summed E-state index contributed by atoms with van der Waals surface area (Å²) in [6, 6.07) is 11.4. The van der Waals surface area contributed by atoms with Gasteiger partial charge in [0.05, 0.1) is 14.2 Å². The van der Waals surface area contributed by atoms with Gasteiger partial charge in [-0.2, -0.15) is 0 Å². The van der Waals surface area contributed by atoms with Crippen LogP contribution in [-0.2, 0) is 19.5 Å². The fraction of sp³-hybridized carbons (Fsp3) is 0.269. The molecule has 2 heterocycles. The summed E-state index contributed by atoms with van der Waals surface area (Å²) in [5.41, 5.74) is 1.14. The molecule has 10 heteroatoms. The number of nitrogens with zero attached hydrogens (tertiary/aromatic N) is 2. The highest BCUT2D eigenvalue weighted by Crippen LogP contribution is 2.24. The molecule has 1 aliphatic heterocycles. The van der Waals surface area contributed by atoms with Gasteiger partial charge in [0.25, 0.3) is 17.4 Å². The molecule has 36 heavy (non-hydrogen) atoms. The number of hydrogen-bond donors (Lipinski definition) is 1. The zero-order chi connectivity index (χ0) is 25.8. The van der Waals surface area contributed by atoms with Crippen molar-refractivity contribution in [2.45, 2.75) is 19.5 Å². The molecule has 4 rings (SSSR count). The van der Waals surface area contributed by atoms with Crippen LogP contribution in [0.15, 0.2) is 53.3 Å². The maximum atomic E-state index is 13.7. The van der Waals surface area contributed by atoms with Crippen LogP contribution in [-0.4, -0.2) is 48.6 Å². The highest BCUT2D eigenvalue weighted by Gasteiger charge is 2.27. The summed E-state index contributed by atoms with van der Waals surface area (Å²) in [4.78, 5) is 40.4. The SMILES string of the molecule is COc1ccc(CNC(=O)c2c(OC)cc(=O)n3c2CCN(C(=O)c2ccc(F)c(F)c2)CC3)cc1. The van der Waals surface area contributed by atoms with Gasteiger partial charge in [-0.05, 0) is 35.9 Å². The van der Waals surface area contributed by atoms with E-state index >= 15 is 0 Å². The van der Waals surface area contributed by atoms with Gasteiger partial charge in [0.1, 0.15) is 17.1 Å². The lowest BCUT2D eigenvalue weighted by Crippen LogP contribution is -2.34. The molecule has 1 aromatic heterocycles. The van der Waals surface area contributed by atoms with Crippen LogP contribution >= 0.6 is 0 Å². The van der Waals surface area contributed by atoms with Gasteiger partial charge in [0.15, 0.2) is 11.6 Å². The average molecular weight is 497 g/mol. The van der Waals surface area contributed by atoms with E-state index < -0.39 is 23.4 Å². The smallest absolute Gasteiger partial charge is 0.257 e.